The minimum atomic E-state index is -0.312. The number of nitrogens with zero attached hydrogens (tertiary/aromatic N) is 1. The highest BCUT2D eigenvalue weighted by Crippen LogP contribution is 2.20. The third-order valence-corrected chi connectivity index (χ3v) is 3.36. The van der Waals surface area contributed by atoms with E-state index in [9.17, 15) is 9.59 Å². The third-order valence-electron chi connectivity index (χ3n) is 2.56. The van der Waals surface area contributed by atoms with Crippen LogP contribution in [-0.4, -0.2) is 43.7 Å². The molecule has 4 nitrogen and oxygen atoms in total. The van der Waals surface area contributed by atoms with Crippen molar-refractivity contribution >= 4 is 23.6 Å². The van der Waals surface area contributed by atoms with Gasteiger partial charge in [0.1, 0.15) is 0 Å². The van der Waals surface area contributed by atoms with E-state index in [4.69, 9.17) is 0 Å². The van der Waals surface area contributed by atoms with Crippen LogP contribution in [0.1, 0.15) is 16.8 Å². The van der Waals surface area contributed by atoms with Crippen LogP contribution in [0, 0.1) is 0 Å². The van der Waals surface area contributed by atoms with Crippen molar-refractivity contribution in [2.24, 2.45) is 0 Å². The lowest BCUT2D eigenvalue weighted by Gasteiger charge is -2.17. The van der Waals surface area contributed by atoms with Crippen LogP contribution in [0.25, 0.3) is 0 Å². The number of methoxy groups -OCH3 is 1. The van der Waals surface area contributed by atoms with Crippen molar-refractivity contribution in [3.05, 3.63) is 29.8 Å². The molecule has 0 fully saturated rings. The van der Waals surface area contributed by atoms with Gasteiger partial charge in [0.2, 0.25) is 0 Å². The van der Waals surface area contributed by atoms with Gasteiger partial charge in [-0.15, -0.1) is 11.8 Å². The second-order valence-electron chi connectivity index (χ2n) is 3.75. The number of rotatable bonds is 5. The van der Waals surface area contributed by atoms with Crippen LogP contribution < -0.4 is 0 Å². The Morgan fingerprint density at radius 3 is 2.61 bits per heavy atom. The Balaban J connectivity index is 2.71. The van der Waals surface area contributed by atoms with Gasteiger partial charge in [0.25, 0.3) is 5.91 Å². The SMILES string of the molecule is COC(=O)CCN(C)C(=O)c1ccccc1SC. The number of hydrogen-bond acceptors (Lipinski definition) is 4. The van der Waals surface area contributed by atoms with E-state index in [1.165, 1.54) is 23.8 Å². The van der Waals surface area contributed by atoms with Crippen molar-refractivity contribution in [3.8, 4) is 0 Å². The Bertz CT molecular complexity index is 434. The Morgan fingerprint density at radius 1 is 1.33 bits per heavy atom. The Labute approximate surface area is 111 Å². The molecule has 0 saturated heterocycles. The van der Waals surface area contributed by atoms with Crippen LogP contribution in [0.4, 0.5) is 0 Å². The van der Waals surface area contributed by atoms with E-state index >= 15 is 0 Å². The van der Waals surface area contributed by atoms with Crippen molar-refractivity contribution in [2.75, 3.05) is 27.0 Å². The quantitative estimate of drug-likeness (QED) is 0.605. The number of thioether (sulfide) groups is 1. The number of carbonyl (C=O) groups is 2. The lowest BCUT2D eigenvalue weighted by atomic mass is 10.2. The summed E-state index contributed by atoms with van der Waals surface area (Å²) in [4.78, 5) is 25.7. The van der Waals surface area contributed by atoms with Crippen LogP contribution in [-0.2, 0) is 9.53 Å². The average molecular weight is 267 g/mol. The Hall–Kier alpha value is -1.49. The zero-order valence-electron chi connectivity index (χ0n) is 10.8. The van der Waals surface area contributed by atoms with Gasteiger partial charge in [0, 0.05) is 18.5 Å². The number of benzene rings is 1. The summed E-state index contributed by atoms with van der Waals surface area (Å²) in [5, 5.41) is 0. The minimum absolute atomic E-state index is 0.0798. The number of esters is 1. The molecule has 1 aromatic carbocycles. The van der Waals surface area contributed by atoms with Crippen LogP contribution in [0.2, 0.25) is 0 Å². The molecule has 0 atom stereocenters. The predicted octanol–water partition coefficient (Wildman–Crippen LogP) is 2.04. The first-order chi connectivity index (χ1) is 8.60. The molecular weight excluding hydrogens is 250 g/mol. The summed E-state index contributed by atoms with van der Waals surface area (Å²) in [6.45, 7) is 0.355. The van der Waals surface area contributed by atoms with Crippen LogP contribution in [0.3, 0.4) is 0 Å². The van der Waals surface area contributed by atoms with Crippen molar-refractivity contribution in [1.82, 2.24) is 4.90 Å². The molecular formula is C13H17NO3S. The first kappa shape index (κ1) is 14.6. The van der Waals surface area contributed by atoms with E-state index in [1.807, 2.05) is 24.5 Å². The molecule has 0 unspecified atom stereocenters. The Kier molecular flexibility index (Phi) is 5.71. The maximum Gasteiger partial charge on any atom is 0.307 e. The molecule has 5 heteroatoms. The molecule has 0 aromatic heterocycles. The van der Waals surface area contributed by atoms with Crippen molar-refractivity contribution in [2.45, 2.75) is 11.3 Å². The summed E-state index contributed by atoms with van der Waals surface area (Å²) in [6, 6.07) is 7.44. The monoisotopic (exact) mass is 267 g/mol. The summed E-state index contributed by atoms with van der Waals surface area (Å²) in [5.41, 5.74) is 0.664. The summed E-state index contributed by atoms with van der Waals surface area (Å²) >= 11 is 1.53. The number of carbonyl (C=O) groups excluding carboxylic acids is 2. The summed E-state index contributed by atoms with van der Waals surface area (Å²) in [6.07, 6.45) is 2.14. The highest BCUT2D eigenvalue weighted by Gasteiger charge is 2.15. The van der Waals surface area contributed by atoms with Crippen LogP contribution >= 0.6 is 11.8 Å². The molecule has 0 saturated carbocycles. The zero-order chi connectivity index (χ0) is 13.5. The van der Waals surface area contributed by atoms with Gasteiger partial charge in [0.05, 0.1) is 19.1 Å². The van der Waals surface area contributed by atoms with E-state index in [2.05, 4.69) is 4.74 Å². The molecule has 18 heavy (non-hydrogen) atoms. The third kappa shape index (κ3) is 3.77. The lowest BCUT2D eigenvalue weighted by molar-refractivity contribution is -0.140. The molecule has 0 radical (unpaired) electrons. The first-order valence-electron chi connectivity index (χ1n) is 5.55. The van der Waals surface area contributed by atoms with E-state index in [-0.39, 0.29) is 18.3 Å². The van der Waals surface area contributed by atoms with E-state index in [1.54, 1.807) is 13.1 Å². The molecule has 0 heterocycles. The topological polar surface area (TPSA) is 46.6 Å². The fourth-order valence-corrected chi connectivity index (χ4v) is 2.08. The fraction of sp³-hybridized carbons (Fsp3) is 0.385. The number of amides is 1. The molecule has 1 amide bonds. The predicted molar refractivity (Wildman–Crippen MR) is 71.8 cm³/mol. The largest absolute Gasteiger partial charge is 0.469 e. The maximum absolute atomic E-state index is 12.2. The summed E-state index contributed by atoms with van der Waals surface area (Å²) in [5.74, 6) is -0.392. The van der Waals surface area contributed by atoms with Gasteiger partial charge in [-0.2, -0.15) is 0 Å². The number of hydrogen-bond donors (Lipinski definition) is 0. The Morgan fingerprint density at radius 2 is 2.00 bits per heavy atom. The van der Waals surface area contributed by atoms with Gasteiger partial charge in [-0.05, 0) is 18.4 Å². The van der Waals surface area contributed by atoms with E-state index < -0.39 is 0 Å². The van der Waals surface area contributed by atoms with Gasteiger partial charge in [-0.1, -0.05) is 12.1 Å². The molecule has 98 valence electrons. The van der Waals surface area contributed by atoms with Crippen molar-refractivity contribution in [3.63, 3.8) is 0 Å². The molecule has 0 aliphatic heterocycles. The molecule has 1 rings (SSSR count). The van der Waals surface area contributed by atoms with Gasteiger partial charge >= 0.3 is 5.97 Å². The molecule has 0 spiro atoms. The van der Waals surface area contributed by atoms with Gasteiger partial charge in [-0.3, -0.25) is 9.59 Å². The molecule has 0 aliphatic carbocycles. The first-order valence-corrected chi connectivity index (χ1v) is 6.78. The standard InChI is InChI=1S/C13H17NO3S/c1-14(9-8-12(15)17-2)13(16)10-6-4-5-7-11(10)18-3/h4-7H,8-9H2,1-3H3. The second kappa shape index (κ2) is 7.06. The molecule has 1 aromatic rings. The minimum Gasteiger partial charge on any atom is -0.469 e. The van der Waals surface area contributed by atoms with Crippen LogP contribution in [0.5, 0.6) is 0 Å². The second-order valence-corrected chi connectivity index (χ2v) is 4.60. The van der Waals surface area contributed by atoms with E-state index in [0.717, 1.165) is 4.90 Å². The zero-order valence-corrected chi connectivity index (χ0v) is 11.6. The van der Waals surface area contributed by atoms with Crippen LogP contribution in [0.15, 0.2) is 29.2 Å². The summed E-state index contributed by atoms with van der Waals surface area (Å²) in [7, 11) is 3.02. The highest BCUT2D eigenvalue weighted by atomic mass is 32.2. The maximum atomic E-state index is 12.2. The van der Waals surface area contributed by atoms with Gasteiger partial charge in [0.15, 0.2) is 0 Å². The smallest absolute Gasteiger partial charge is 0.307 e. The van der Waals surface area contributed by atoms with Crippen molar-refractivity contribution < 1.29 is 14.3 Å². The lowest BCUT2D eigenvalue weighted by Crippen LogP contribution is -2.29. The molecule has 0 aliphatic rings. The molecule has 0 N–H and O–H groups in total. The average Bonchev–Trinajstić information content (AvgIpc) is 2.43. The number of ether oxygens (including phenoxy) is 1. The van der Waals surface area contributed by atoms with Crippen molar-refractivity contribution in [1.29, 1.82) is 0 Å². The highest BCUT2D eigenvalue weighted by molar-refractivity contribution is 7.98. The van der Waals surface area contributed by atoms with Gasteiger partial charge in [-0.25, -0.2) is 0 Å². The summed E-state index contributed by atoms with van der Waals surface area (Å²) < 4.78 is 4.55. The fourth-order valence-electron chi connectivity index (χ4n) is 1.49. The van der Waals surface area contributed by atoms with E-state index in [0.29, 0.717) is 12.1 Å². The van der Waals surface area contributed by atoms with Gasteiger partial charge < -0.3 is 9.64 Å². The molecule has 0 bridgehead atoms. The normalized spacial score (nSPS) is 9.94.